The van der Waals surface area contributed by atoms with Crippen LogP contribution in [0.15, 0.2) is 12.1 Å². The smallest absolute Gasteiger partial charge is 0.224 e. The lowest BCUT2D eigenvalue weighted by Gasteiger charge is -2.38. The van der Waals surface area contributed by atoms with E-state index in [1.807, 2.05) is 6.07 Å². The van der Waals surface area contributed by atoms with Crippen LogP contribution >= 0.6 is 0 Å². The van der Waals surface area contributed by atoms with Crippen molar-refractivity contribution in [3.05, 3.63) is 17.7 Å². The lowest BCUT2D eigenvalue weighted by molar-refractivity contribution is -0.116. The molecule has 0 radical (unpaired) electrons. The van der Waals surface area contributed by atoms with Gasteiger partial charge in [-0.05, 0) is 38.0 Å². The van der Waals surface area contributed by atoms with Gasteiger partial charge in [0.05, 0.1) is 23.6 Å². The number of hydrogen-bond acceptors (Lipinski definition) is 4. The number of carbonyl (C=O) groups excluding carboxylic acids is 1. The summed E-state index contributed by atoms with van der Waals surface area (Å²) in [6.07, 6.45) is 1.73. The summed E-state index contributed by atoms with van der Waals surface area (Å²) in [5.74, 6) is 0.0678. The second-order valence-corrected chi connectivity index (χ2v) is 5.78. The standard InChI is InChI=1S/C15H21N3O2/c1-9-7-18(8-10(2)20-9)14-5-11-3-4-15(19)17-13(11)6-12(14)16/h5-6,9-10H,3-4,7-8,16H2,1-2H3,(H,17,19). The van der Waals surface area contributed by atoms with E-state index < -0.39 is 0 Å². The molecule has 108 valence electrons. The fraction of sp³-hybridized carbons (Fsp3) is 0.533. The number of amides is 1. The minimum Gasteiger partial charge on any atom is -0.397 e. The summed E-state index contributed by atoms with van der Waals surface area (Å²) in [5.41, 5.74) is 9.98. The highest BCUT2D eigenvalue weighted by Crippen LogP contribution is 2.34. The third-order valence-electron chi connectivity index (χ3n) is 3.91. The highest BCUT2D eigenvalue weighted by Gasteiger charge is 2.25. The molecule has 1 saturated heterocycles. The second-order valence-electron chi connectivity index (χ2n) is 5.78. The van der Waals surface area contributed by atoms with Crippen LogP contribution in [0.2, 0.25) is 0 Å². The van der Waals surface area contributed by atoms with E-state index in [1.165, 1.54) is 5.56 Å². The summed E-state index contributed by atoms with van der Waals surface area (Å²) in [6, 6.07) is 4.00. The monoisotopic (exact) mass is 275 g/mol. The Morgan fingerprint density at radius 2 is 1.95 bits per heavy atom. The fourth-order valence-electron chi connectivity index (χ4n) is 3.08. The average molecular weight is 275 g/mol. The number of rotatable bonds is 1. The maximum absolute atomic E-state index is 11.4. The molecule has 1 aromatic rings. The van der Waals surface area contributed by atoms with Crippen LogP contribution in [0.3, 0.4) is 0 Å². The average Bonchev–Trinajstić information content (AvgIpc) is 2.36. The summed E-state index contributed by atoms with van der Waals surface area (Å²) in [4.78, 5) is 13.7. The highest BCUT2D eigenvalue weighted by molar-refractivity contribution is 5.95. The maximum atomic E-state index is 11.4. The molecule has 2 atom stereocenters. The third-order valence-corrected chi connectivity index (χ3v) is 3.91. The topological polar surface area (TPSA) is 67.6 Å². The van der Waals surface area contributed by atoms with Gasteiger partial charge < -0.3 is 20.7 Å². The van der Waals surface area contributed by atoms with Crippen molar-refractivity contribution in [2.45, 2.75) is 38.9 Å². The van der Waals surface area contributed by atoms with E-state index in [0.717, 1.165) is 30.9 Å². The van der Waals surface area contributed by atoms with E-state index in [0.29, 0.717) is 12.1 Å². The zero-order valence-electron chi connectivity index (χ0n) is 12.0. The summed E-state index contributed by atoms with van der Waals surface area (Å²) >= 11 is 0. The number of carbonyl (C=O) groups is 1. The van der Waals surface area contributed by atoms with Crippen LogP contribution in [-0.2, 0) is 16.0 Å². The van der Waals surface area contributed by atoms with E-state index >= 15 is 0 Å². The van der Waals surface area contributed by atoms with Crippen molar-refractivity contribution in [2.24, 2.45) is 0 Å². The molecule has 1 amide bonds. The number of aryl methyl sites for hydroxylation is 1. The predicted octanol–water partition coefficient (Wildman–Crippen LogP) is 1.77. The fourth-order valence-corrected chi connectivity index (χ4v) is 3.08. The molecule has 20 heavy (non-hydrogen) atoms. The second kappa shape index (κ2) is 4.98. The normalized spacial score (nSPS) is 26.1. The van der Waals surface area contributed by atoms with Crippen LogP contribution in [0.25, 0.3) is 0 Å². The molecule has 0 aliphatic carbocycles. The number of nitrogens with two attached hydrogens (primary N) is 1. The van der Waals surface area contributed by atoms with Crippen LogP contribution in [-0.4, -0.2) is 31.2 Å². The minimum atomic E-state index is 0.0678. The third kappa shape index (κ3) is 2.45. The van der Waals surface area contributed by atoms with Crippen molar-refractivity contribution < 1.29 is 9.53 Å². The first kappa shape index (κ1) is 13.2. The molecular formula is C15H21N3O2. The molecule has 2 aliphatic rings. The Hall–Kier alpha value is -1.75. The SMILES string of the molecule is CC1CN(c2cc3c(cc2N)NC(=O)CC3)CC(C)O1. The largest absolute Gasteiger partial charge is 0.397 e. The van der Waals surface area contributed by atoms with Crippen LogP contribution in [0.4, 0.5) is 17.1 Å². The van der Waals surface area contributed by atoms with E-state index in [9.17, 15) is 4.79 Å². The minimum absolute atomic E-state index is 0.0678. The molecule has 3 N–H and O–H groups in total. The number of nitrogen functional groups attached to an aromatic ring is 1. The molecule has 2 aliphatic heterocycles. The van der Waals surface area contributed by atoms with E-state index in [4.69, 9.17) is 10.5 Å². The summed E-state index contributed by atoms with van der Waals surface area (Å²) in [6.45, 7) is 5.86. The quantitative estimate of drug-likeness (QED) is 0.766. The molecule has 5 nitrogen and oxygen atoms in total. The number of nitrogens with zero attached hydrogens (tertiary/aromatic N) is 1. The van der Waals surface area contributed by atoms with Crippen molar-refractivity contribution in [1.82, 2.24) is 0 Å². The van der Waals surface area contributed by atoms with Gasteiger partial charge in [0.2, 0.25) is 5.91 Å². The number of morpholine rings is 1. The first-order valence-corrected chi connectivity index (χ1v) is 7.15. The van der Waals surface area contributed by atoms with Gasteiger partial charge in [0.15, 0.2) is 0 Å². The van der Waals surface area contributed by atoms with Crippen molar-refractivity contribution in [3.63, 3.8) is 0 Å². The van der Waals surface area contributed by atoms with Gasteiger partial charge in [-0.25, -0.2) is 0 Å². The van der Waals surface area contributed by atoms with Crippen molar-refractivity contribution in [1.29, 1.82) is 0 Å². The molecule has 0 saturated carbocycles. The lowest BCUT2D eigenvalue weighted by Crippen LogP contribution is -2.45. The number of fused-ring (bicyclic) bond motifs is 1. The predicted molar refractivity (Wildman–Crippen MR) is 80.0 cm³/mol. The van der Waals surface area contributed by atoms with Gasteiger partial charge in [-0.2, -0.15) is 0 Å². The molecule has 2 heterocycles. The molecular weight excluding hydrogens is 254 g/mol. The van der Waals surface area contributed by atoms with Gasteiger partial charge in [0, 0.05) is 25.2 Å². The zero-order valence-corrected chi connectivity index (χ0v) is 12.0. The zero-order chi connectivity index (χ0) is 14.3. The Balaban J connectivity index is 1.92. The van der Waals surface area contributed by atoms with Crippen LogP contribution in [0.1, 0.15) is 25.8 Å². The maximum Gasteiger partial charge on any atom is 0.224 e. The van der Waals surface area contributed by atoms with Gasteiger partial charge in [-0.3, -0.25) is 4.79 Å². The summed E-state index contributed by atoms with van der Waals surface area (Å²) in [5, 5.41) is 2.89. The van der Waals surface area contributed by atoms with Gasteiger partial charge >= 0.3 is 0 Å². The first-order valence-electron chi connectivity index (χ1n) is 7.15. The van der Waals surface area contributed by atoms with Crippen molar-refractivity contribution in [3.8, 4) is 0 Å². The molecule has 3 rings (SSSR count). The Morgan fingerprint density at radius 1 is 1.25 bits per heavy atom. The summed E-state index contributed by atoms with van der Waals surface area (Å²) in [7, 11) is 0. The van der Waals surface area contributed by atoms with Gasteiger partial charge in [0.25, 0.3) is 0 Å². The molecule has 0 aromatic heterocycles. The van der Waals surface area contributed by atoms with Crippen LogP contribution in [0, 0.1) is 0 Å². The Labute approximate surface area is 119 Å². The Morgan fingerprint density at radius 3 is 2.65 bits per heavy atom. The number of anilines is 3. The van der Waals surface area contributed by atoms with Crippen molar-refractivity contribution in [2.75, 3.05) is 29.0 Å². The highest BCUT2D eigenvalue weighted by atomic mass is 16.5. The van der Waals surface area contributed by atoms with Crippen LogP contribution < -0.4 is 16.0 Å². The van der Waals surface area contributed by atoms with Crippen molar-refractivity contribution >= 4 is 23.0 Å². The number of benzene rings is 1. The van der Waals surface area contributed by atoms with Gasteiger partial charge in [-0.1, -0.05) is 0 Å². The van der Waals surface area contributed by atoms with Gasteiger partial charge in [-0.15, -0.1) is 0 Å². The van der Waals surface area contributed by atoms with E-state index in [2.05, 4.69) is 30.1 Å². The van der Waals surface area contributed by atoms with Crippen LogP contribution in [0.5, 0.6) is 0 Å². The molecule has 1 aromatic carbocycles. The molecule has 1 fully saturated rings. The number of nitrogens with one attached hydrogen (secondary N) is 1. The van der Waals surface area contributed by atoms with E-state index in [-0.39, 0.29) is 18.1 Å². The Bertz CT molecular complexity index is 534. The number of hydrogen-bond donors (Lipinski definition) is 2. The molecule has 5 heteroatoms. The van der Waals surface area contributed by atoms with E-state index in [1.54, 1.807) is 0 Å². The lowest BCUT2D eigenvalue weighted by atomic mass is 10.0. The summed E-state index contributed by atoms with van der Waals surface area (Å²) < 4.78 is 5.76. The molecule has 2 unspecified atom stereocenters. The molecule has 0 bridgehead atoms. The van der Waals surface area contributed by atoms with Gasteiger partial charge in [0.1, 0.15) is 0 Å². The molecule has 0 spiro atoms. The first-order chi connectivity index (χ1) is 9.52. The number of ether oxygens (including phenoxy) is 1. The Kier molecular flexibility index (Phi) is 3.30.